The fourth-order valence-corrected chi connectivity index (χ4v) is 6.23. The Morgan fingerprint density at radius 3 is 2.19 bits per heavy atom. The Hall–Kier alpha value is -4.72. The number of amides is 3. The largest absolute Gasteiger partial charge is 0.338 e. The summed E-state index contributed by atoms with van der Waals surface area (Å²) < 4.78 is 29.7. The number of carbonyl (C=O) groups excluding carboxylic acids is 2. The predicted molar refractivity (Wildman–Crippen MR) is 160 cm³/mol. The van der Waals surface area contributed by atoms with Crippen LogP contribution in [-0.4, -0.2) is 62.4 Å². The number of carbonyl (C=O) groups is 2. The second-order valence-corrected chi connectivity index (χ2v) is 11.9. The van der Waals surface area contributed by atoms with Gasteiger partial charge in [-0.1, -0.05) is 72.8 Å². The third-order valence-electron chi connectivity index (χ3n) is 7.29. The first-order valence-electron chi connectivity index (χ1n) is 13.7. The Bertz CT molecular complexity index is 1730. The summed E-state index contributed by atoms with van der Waals surface area (Å²) >= 11 is 0. The third-order valence-corrected chi connectivity index (χ3v) is 8.76. The van der Waals surface area contributed by atoms with Crippen molar-refractivity contribution in [2.75, 3.05) is 26.2 Å². The fourth-order valence-electron chi connectivity index (χ4n) is 5.01. The molecule has 1 aliphatic heterocycles. The van der Waals surface area contributed by atoms with Crippen molar-refractivity contribution in [1.82, 2.24) is 19.8 Å². The number of benzene rings is 4. The average molecular weight is 582 g/mol. The van der Waals surface area contributed by atoms with E-state index in [0.29, 0.717) is 30.8 Å². The van der Waals surface area contributed by atoms with E-state index in [9.17, 15) is 23.3 Å². The molecular weight excluding hydrogens is 550 g/mol. The number of piperazine rings is 1. The molecule has 1 saturated heterocycles. The number of rotatable bonds is 8. The van der Waals surface area contributed by atoms with Gasteiger partial charge in [0.1, 0.15) is 6.04 Å². The van der Waals surface area contributed by atoms with E-state index in [1.165, 1.54) is 6.07 Å². The molecule has 1 aliphatic rings. The highest BCUT2D eigenvalue weighted by Gasteiger charge is 2.32. The van der Waals surface area contributed by atoms with Gasteiger partial charge in [0, 0.05) is 32.7 Å². The summed E-state index contributed by atoms with van der Waals surface area (Å²) in [6.07, 6.45) is 0.0684. The van der Waals surface area contributed by atoms with Crippen molar-refractivity contribution in [1.29, 1.82) is 5.26 Å². The van der Waals surface area contributed by atoms with Crippen LogP contribution in [-0.2, 0) is 27.8 Å². The lowest BCUT2D eigenvalue weighted by atomic mass is 10.0. The highest BCUT2D eigenvalue weighted by atomic mass is 32.2. The summed E-state index contributed by atoms with van der Waals surface area (Å²) in [5.74, 6) is -0.383. The van der Waals surface area contributed by atoms with Crippen molar-refractivity contribution in [3.05, 3.63) is 114 Å². The maximum atomic E-state index is 13.8. The van der Waals surface area contributed by atoms with E-state index in [0.717, 1.165) is 16.3 Å². The van der Waals surface area contributed by atoms with Gasteiger partial charge in [-0.25, -0.2) is 13.2 Å². The third kappa shape index (κ3) is 6.94. The molecule has 5 rings (SSSR count). The molecule has 214 valence electrons. The van der Waals surface area contributed by atoms with Gasteiger partial charge in [-0.05, 0) is 52.6 Å². The molecule has 2 N–H and O–H groups in total. The number of nitriles is 1. The molecule has 0 spiro atoms. The van der Waals surface area contributed by atoms with Crippen LogP contribution < -0.4 is 10.0 Å². The van der Waals surface area contributed by atoms with Crippen molar-refractivity contribution in [3.63, 3.8) is 0 Å². The Morgan fingerprint density at radius 1 is 0.786 bits per heavy atom. The highest BCUT2D eigenvalue weighted by Crippen LogP contribution is 2.20. The normalized spacial score (nSPS) is 14.3. The van der Waals surface area contributed by atoms with Crippen LogP contribution in [0.25, 0.3) is 10.8 Å². The first-order valence-corrected chi connectivity index (χ1v) is 15.2. The first kappa shape index (κ1) is 28.8. The van der Waals surface area contributed by atoms with E-state index in [4.69, 9.17) is 0 Å². The summed E-state index contributed by atoms with van der Waals surface area (Å²) in [6.45, 7) is 1.58. The van der Waals surface area contributed by atoms with Crippen LogP contribution in [0.3, 0.4) is 0 Å². The number of fused-ring (bicyclic) bond motifs is 1. The zero-order valence-corrected chi connectivity index (χ0v) is 23.8. The molecular formula is C32H31N5O4S. The standard InChI is InChI=1S/C32H31N5O4S/c33-22-26-10-6-9-25(19-26)20-30(35-42(40,41)29-14-13-27-11-4-5-12-28(27)21-29)31(38)36-15-17-37(18-16-36)32(39)34-23-24-7-2-1-3-8-24/h1-14,19,21,30,35H,15-18,20,23H2,(H,34,39)/t30-/m0/s1. The van der Waals surface area contributed by atoms with Gasteiger partial charge in [0.05, 0.1) is 16.5 Å². The molecule has 4 aromatic carbocycles. The molecule has 1 heterocycles. The molecule has 0 radical (unpaired) electrons. The second kappa shape index (κ2) is 12.9. The quantitative estimate of drug-likeness (QED) is 0.329. The van der Waals surface area contributed by atoms with E-state index >= 15 is 0 Å². The van der Waals surface area contributed by atoms with E-state index in [1.54, 1.807) is 46.2 Å². The number of hydrogen-bond donors (Lipinski definition) is 2. The molecule has 4 aromatic rings. The minimum Gasteiger partial charge on any atom is -0.338 e. The predicted octanol–water partition coefficient (Wildman–Crippen LogP) is 3.66. The van der Waals surface area contributed by atoms with Crippen molar-refractivity contribution in [2.24, 2.45) is 0 Å². The van der Waals surface area contributed by atoms with Crippen LogP contribution in [0.2, 0.25) is 0 Å². The Balaban J connectivity index is 1.30. The van der Waals surface area contributed by atoms with Gasteiger partial charge >= 0.3 is 6.03 Å². The summed E-state index contributed by atoms with van der Waals surface area (Å²) in [5.41, 5.74) is 2.07. The van der Waals surface area contributed by atoms with Gasteiger partial charge in [-0.3, -0.25) is 4.79 Å². The number of sulfonamides is 1. The molecule has 1 fully saturated rings. The molecule has 1 atom stereocenters. The lowest BCUT2D eigenvalue weighted by molar-refractivity contribution is -0.134. The van der Waals surface area contributed by atoms with Crippen LogP contribution in [0, 0.1) is 11.3 Å². The van der Waals surface area contributed by atoms with Crippen LogP contribution in [0.4, 0.5) is 4.79 Å². The van der Waals surface area contributed by atoms with Crippen LogP contribution in [0.1, 0.15) is 16.7 Å². The lowest BCUT2D eigenvalue weighted by Gasteiger charge is -2.36. The van der Waals surface area contributed by atoms with E-state index in [-0.39, 0.29) is 36.3 Å². The van der Waals surface area contributed by atoms with Gasteiger partial charge < -0.3 is 15.1 Å². The minimum absolute atomic E-state index is 0.0599. The topological polar surface area (TPSA) is 123 Å². The lowest BCUT2D eigenvalue weighted by Crippen LogP contribution is -2.57. The summed E-state index contributed by atoms with van der Waals surface area (Å²) in [6, 6.07) is 29.4. The van der Waals surface area contributed by atoms with E-state index < -0.39 is 16.1 Å². The van der Waals surface area contributed by atoms with Gasteiger partial charge in [-0.15, -0.1) is 0 Å². The number of urea groups is 1. The highest BCUT2D eigenvalue weighted by molar-refractivity contribution is 7.89. The minimum atomic E-state index is -4.07. The van der Waals surface area contributed by atoms with Crippen molar-refractivity contribution >= 4 is 32.7 Å². The zero-order valence-electron chi connectivity index (χ0n) is 22.9. The van der Waals surface area contributed by atoms with Crippen molar-refractivity contribution in [2.45, 2.75) is 23.9 Å². The smallest absolute Gasteiger partial charge is 0.317 e. The Morgan fingerprint density at radius 2 is 1.45 bits per heavy atom. The number of hydrogen-bond acceptors (Lipinski definition) is 5. The maximum Gasteiger partial charge on any atom is 0.317 e. The molecule has 0 unspecified atom stereocenters. The van der Waals surface area contributed by atoms with Gasteiger partial charge in [-0.2, -0.15) is 9.98 Å². The molecule has 0 saturated carbocycles. The first-order chi connectivity index (χ1) is 20.3. The van der Waals surface area contributed by atoms with Crippen LogP contribution >= 0.6 is 0 Å². The SMILES string of the molecule is N#Cc1cccc(C[C@H](NS(=O)(=O)c2ccc3ccccc3c2)C(=O)N2CCN(C(=O)NCc3ccccc3)CC2)c1. The molecule has 3 amide bonds. The van der Waals surface area contributed by atoms with Crippen molar-refractivity contribution < 1.29 is 18.0 Å². The average Bonchev–Trinajstić information content (AvgIpc) is 3.03. The summed E-state index contributed by atoms with van der Waals surface area (Å²) in [7, 11) is -4.07. The number of nitrogens with one attached hydrogen (secondary N) is 2. The van der Waals surface area contributed by atoms with Crippen LogP contribution in [0.15, 0.2) is 102 Å². The van der Waals surface area contributed by atoms with E-state index in [1.807, 2.05) is 54.6 Å². The number of nitrogens with zero attached hydrogens (tertiary/aromatic N) is 3. The van der Waals surface area contributed by atoms with Gasteiger partial charge in [0.2, 0.25) is 15.9 Å². The molecule has 0 bridgehead atoms. The molecule has 10 heteroatoms. The second-order valence-electron chi connectivity index (χ2n) is 10.2. The van der Waals surface area contributed by atoms with Crippen molar-refractivity contribution in [3.8, 4) is 6.07 Å². The molecule has 0 aromatic heterocycles. The van der Waals surface area contributed by atoms with Gasteiger partial charge in [0.15, 0.2) is 0 Å². The molecule has 42 heavy (non-hydrogen) atoms. The molecule has 9 nitrogen and oxygen atoms in total. The van der Waals surface area contributed by atoms with Crippen LogP contribution in [0.5, 0.6) is 0 Å². The maximum absolute atomic E-state index is 13.8. The van der Waals surface area contributed by atoms with Gasteiger partial charge in [0.25, 0.3) is 0 Å². The summed E-state index contributed by atoms with van der Waals surface area (Å²) in [5, 5.41) is 13.9. The zero-order chi connectivity index (χ0) is 29.5. The van der Waals surface area contributed by atoms with E-state index in [2.05, 4.69) is 16.1 Å². The molecule has 0 aliphatic carbocycles. The Labute approximate surface area is 245 Å². The fraction of sp³-hybridized carbons (Fsp3) is 0.219. The Kier molecular flexibility index (Phi) is 8.81. The monoisotopic (exact) mass is 581 g/mol. The summed E-state index contributed by atoms with van der Waals surface area (Å²) in [4.78, 5) is 29.8.